The van der Waals surface area contributed by atoms with Crippen molar-refractivity contribution in [3.8, 4) is 0 Å². The Balaban J connectivity index is 0.00000242. The molecule has 6 heteroatoms. The summed E-state index contributed by atoms with van der Waals surface area (Å²) in [6.07, 6.45) is 2.07. The lowest BCUT2D eigenvalue weighted by molar-refractivity contribution is 0.0737. The van der Waals surface area contributed by atoms with E-state index in [-0.39, 0.29) is 30.3 Å². The number of hydrogen-bond donors (Lipinski definition) is 1. The highest BCUT2D eigenvalue weighted by Crippen LogP contribution is 2.20. The van der Waals surface area contributed by atoms with Crippen LogP contribution >= 0.6 is 12.4 Å². The van der Waals surface area contributed by atoms with Crippen molar-refractivity contribution in [2.75, 3.05) is 34.2 Å². The van der Waals surface area contributed by atoms with E-state index < -0.39 is 0 Å². The largest absolute Gasteiger partial charge is 0.345 e. The molecule has 1 saturated heterocycles. The number of carbonyl (C=O) groups excluding carboxylic acids is 2. The number of halogens is 1. The van der Waals surface area contributed by atoms with Gasteiger partial charge in [0.1, 0.15) is 0 Å². The number of hydrogen-bond acceptors (Lipinski definition) is 3. The quantitative estimate of drug-likeness (QED) is 0.915. The topological polar surface area (TPSA) is 52.7 Å². The maximum absolute atomic E-state index is 12.7. The van der Waals surface area contributed by atoms with Gasteiger partial charge < -0.3 is 15.1 Å². The Hall–Kier alpha value is -1.59. The van der Waals surface area contributed by atoms with Crippen molar-refractivity contribution in [3.05, 3.63) is 35.4 Å². The summed E-state index contributed by atoms with van der Waals surface area (Å²) in [5.41, 5.74) is 1.14. The molecule has 1 aliphatic heterocycles. The summed E-state index contributed by atoms with van der Waals surface area (Å²) in [6, 6.07) is 7.24. The molecule has 1 unspecified atom stereocenters. The van der Waals surface area contributed by atoms with E-state index in [2.05, 4.69) is 5.32 Å². The Labute approximate surface area is 138 Å². The molecule has 0 spiro atoms. The highest BCUT2D eigenvalue weighted by atomic mass is 35.5. The molecule has 1 heterocycles. The van der Waals surface area contributed by atoms with Crippen LogP contribution in [-0.2, 0) is 0 Å². The van der Waals surface area contributed by atoms with Gasteiger partial charge in [0.2, 0.25) is 0 Å². The van der Waals surface area contributed by atoms with Crippen LogP contribution in [0.5, 0.6) is 0 Å². The molecular weight excluding hydrogens is 302 g/mol. The average molecular weight is 326 g/mol. The summed E-state index contributed by atoms with van der Waals surface area (Å²) in [4.78, 5) is 28.1. The van der Waals surface area contributed by atoms with E-state index in [4.69, 9.17) is 0 Å². The molecule has 0 aromatic heterocycles. The third kappa shape index (κ3) is 3.99. The van der Waals surface area contributed by atoms with Crippen molar-refractivity contribution in [2.45, 2.75) is 18.9 Å². The maximum Gasteiger partial charge on any atom is 0.254 e. The molecule has 1 aromatic rings. The summed E-state index contributed by atoms with van der Waals surface area (Å²) in [6.45, 7) is 1.60. The highest BCUT2D eigenvalue weighted by molar-refractivity contribution is 5.99. The molecule has 0 bridgehead atoms. The summed E-state index contributed by atoms with van der Waals surface area (Å²) in [5.74, 6) is -0.0704. The molecule has 1 N–H and O–H groups in total. The van der Waals surface area contributed by atoms with E-state index in [1.807, 2.05) is 11.9 Å². The maximum atomic E-state index is 12.7. The molecule has 2 rings (SSSR count). The van der Waals surface area contributed by atoms with Gasteiger partial charge in [-0.15, -0.1) is 12.4 Å². The van der Waals surface area contributed by atoms with E-state index >= 15 is 0 Å². The second-order valence-corrected chi connectivity index (χ2v) is 5.63. The van der Waals surface area contributed by atoms with Gasteiger partial charge in [-0.25, -0.2) is 0 Å². The first-order valence-electron chi connectivity index (χ1n) is 7.32. The minimum Gasteiger partial charge on any atom is -0.345 e. The van der Waals surface area contributed by atoms with Gasteiger partial charge in [0, 0.05) is 44.4 Å². The summed E-state index contributed by atoms with van der Waals surface area (Å²) in [7, 11) is 5.32. The molecular formula is C16H24ClN3O2. The molecule has 0 aliphatic carbocycles. The van der Waals surface area contributed by atoms with Gasteiger partial charge >= 0.3 is 0 Å². The van der Waals surface area contributed by atoms with E-state index in [1.54, 1.807) is 38.4 Å². The molecule has 2 amide bonds. The first-order valence-corrected chi connectivity index (χ1v) is 7.32. The van der Waals surface area contributed by atoms with Gasteiger partial charge in [-0.3, -0.25) is 9.59 Å². The monoisotopic (exact) mass is 325 g/mol. The van der Waals surface area contributed by atoms with Gasteiger partial charge in [0.05, 0.1) is 0 Å². The Morgan fingerprint density at radius 2 is 2.00 bits per heavy atom. The van der Waals surface area contributed by atoms with Crippen molar-refractivity contribution in [1.29, 1.82) is 0 Å². The molecule has 1 aliphatic rings. The third-order valence-electron chi connectivity index (χ3n) is 3.84. The van der Waals surface area contributed by atoms with Crippen molar-refractivity contribution < 1.29 is 9.59 Å². The lowest BCUT2D eigenvalue weighted by Gasteiger charge is -2.24. The smallest absolute Gasteiger partial charge is 0.254 e. The van der Waals surface area contributed by atoms with Crippen LogP contribution in [-0.4, -0.2) is 61.9 Å². The van der Waals surface area contributed by atoms with Gasteiger partial charge in [0.25, 0.3) is 11.8 Å². The fourth-order valence-electron chi connectivity index (χ4n) is 2.76. The van der Waals surface area contributed by atoms with Gasteiger partial charge in [-0.1, -0.05) is 6.07 Å². The zero-order valence-electron chi connectivity index (χ0n) is 13.3. The Morgan fingerprint density at radius 3 is 2.64 bits per heavy atom. The Morgan fingerprint density at radius 1 is 1.32 bits per heavy atom. The summed E-state index contributed by atoms with van der Waals surface area (Å²) in [5, 5.41) is 3.14. The summed E-state index contributed by atoms with van der Waals surface area (Å²) >= 11 is 0. The van der Waals surface area contributed by atoms with E-state index in [9.17, 15) is 9.59 Å². The lowest BCUT2D eigenvalue weighted by atomic mass is 10.1. The number of nitrogens with one attached hydrogen (secondary N) is 1. The second kappa shape index (κ2) is 8.15. The Kier molecular flexibility index (Phi) is 6.84. The minimum atomic E-state index is -0.0853. The minimum absolute atomic E-state index is 0. The van der Waals surface area contributed by atoms with Gasteiger partial charge in [-0.2, -0.15) is 0 Å². The molecule has 1 fully saturated rings. The molecule has 0 radical (unpaired) electrons. The molecule has 1 aromatic carbocycles. The van der Waals surface area contributed by atoms with Gasteiger partial charge in [-0.05, 0) is 38.1 Å². The van der Waals surface area contributed by atoms with Crippen LogP contribution < -0.4 is 5.32 Å². The van der Waals surface area contributed by atoms with Crippen molar-refractivity contribution in [3.63, 3.8) is 0 Å². The SMILES string of the molecule is CNCC1CCCN1C(=O)c1cccc(C(=O)N(C)C)c1.Cl. The number of nitrogens with zero attached hydrogens (tertiary/aromatic N) is 2. The van der Waals surface area contributed by atoms with E-state index in [1.165, 1.54) is 4.90 Å². The van der Waals surface area contributed by atoms with Crippen LogP contribution in [0.2, 0.25) is 0 Å². The number of amides is 2. The standard InChI is InChI=1S/C16H23N3O2.ClH/c1-17-11-14-8-5-9-19(14)16(21)13-7-4-6-12(10-13)15(20)18(2)3;/h4,6-7,10,14,17H,5,8-9,11H2,1-3H3;1H. The zero-order chi connectivity index (χ0) is 15.4. The lowest BCUT2D eigenvalue weighted by Crippen LogP contribution is -2.40. The van der Waals surface area contributed by atoms with Gasteiger partial charge in [0.15, 0.2) is 0 Å². The normalized spacial score (nSPS) is 17.0. The molecule has 5 nitrogen and oxygen atoms in total. The van der Waals surface area contributed by atoms with Crippen molar-refractivity contribution in [2.24, 2.45) is 0 Å². The zero-order valence-corrected chi connectivity index (χ0v) is 14.2. The second-order valence-electron chi connectivity index (χ2n) is 5.63. The molecule has 22 heavy (non-hydrogen) atoms. The number of rotatable bonds is 4. The Bertz CT molecular complexity index is 534. The van der Waals surface area contributed by atoms with Crippen LogP contribution in [0.4, 0.5) is 0 Å². The number of benzene rings is 1. The van der Waals surface area contributed by atoms with E-state index in [0.717, 1.165) is 25.9 Å². The first kappa shape index (κ1) is 18.5. The van der Waals surface area contributed by atoms with Crippen LogP contribution in [0.15, 0.2) is 24.3 Å². The van der Waals surface area contributed by atoms with E-state index in [0.29, 0.717) is 11.1 Å². The number of carbonyl (C=O) groups is 2. The number of likely N-dealkylation sites (tertiary alicyclic amines) is 1. The predicted molar refractivity (Wildman–Crippen MR) is 89.7 cm³/mol. The third-order valence-corrected chi connectivity index (χ3v) is 3.84. The average Bonchev–Trinajstić information content (AvgIpc) is 2.94. The van der Waals surface area contributed by atoms with Crippen LogP contribution in [0, 0.1) is 0 Å². The fraction of sp³-hybridized carbons (Fsp3) is 0.500. The van der Waals surface area contributed by atoms with Crippen molar-refractivity contribution >= 4 is 24.2 Å². The molecule has 1 atom stereocenters. The van der Waals surface area contributed by atoms with Crippen LogP contribution in [0.1, 0.15) is 33.6 Å². The van der Waals surface area contributed by atoms with Crippen molar-refractivity contribution in [1.82, 2.24) is 15.1 Å². The number of likely N-dealkylation sites (N-methyl/N-ethyl adjacent to an activating group) is 1. The highest BCUT2D eigenvalue weighted by Gasteiger charge is 2.29. The molecule has 0 saturated carbocycles. The van der Waals surface area contributed by atoms with Crippen LogP contribution in [0.3, 0.4) is 0 Å². The predicted octanol–water partition coefficient (Wildman–Crippen LogP) is 1.63. The van der Waals surface area contributed by atoms with Crippen LogP contribution in [0.25, 0.3) is 0 Å². The fourth-order valence-corrected chi connectivity index (χ4v) is 2.76. The summed E-state index contributed by atoms with van der Waals surface area (Å²) < 4.78 is 0. The first-order chi connectivity index (χ1) is 10.0. The molecule has 122 valence electrons.